The highest BCUT2D eigenvalue weighted by Crippen LogP contribution is 2.33. The molecule has 0 saturated heterocycles. The van der Waals surface area contributed by atoms with Crippen LogP contribution >= 0.6 is 0 Å². The molecular weight excluding hydrogens is 224 g/mol. The normalized spacial score (nSPS) is 10.7. The summed E-state index contributed by atoms with van der Waals surface area (Å²) in [5.41, 5.74) is 8.91. The van der Waals surface area contributed by atoms with Crippen molar-refractivity contribution < 1.29 is 4.74 Å². The fourth-order valence-corrected chi connectivity index (χ4v) is 1.79. The van der Waals surface area contributed by atoms with E-state index in [1.165, 1.54) is 0 Å². The Hall–Kier alpha value is -2.03. The first-order chi connectivity index (χ1) is 8.58. The molecule has 0 aliphatic heterocycles. The van der Waals surface area contributed by atoms with E-state index in [4.69, 9.17) is 10.5 Å². The smallest absolute Gasteiger partial charge is 0.131 e. The summed E-state index contributed by atoms with van der Waals surface area (Å²) in [7, 11) is 0. The molecule has 0 unspecified atom stereocenters. The van der Waals surface area contributed by atoms with Crippen LogP contribution in [0, 0.1) is 6.92 Å². The molecule has 0 atom stereocenters. The third-order valence-corrected chi connectivity index (χ3v) is 2.90. The SMILES string of the molecule is Cc1cc(Oc2ccncc2)c(C(C)C)cc1N. The van der Waals surface area contributed by atoms with Crippen molar-refractivity contribution in [2.75, 3.05) is 5.73 Å². The van der Waals surface area contributed by atoms with Crippen molar-refractivity contribution in [2.45, 2.75) is 26.7 Å². The predicted molar refractivity (Wildman–Crippen MR) is 74.0 cm³/mol. The van der Waals surface area contributed by atoms with E-state index in [1.54, 1.807) is 12.4 Å². The summed E-state index contributed by atoms with van der Waals surface area (Å²) in [6, 6.07) is 7.67. The van der Waals surface area contributed by atoms with Gasteiger partial charge in [-0.25, -0.2) is 0 Å². The van der Waals surface area contributed by atoms with Gasteiger partial charge in [-0.1, -0.05) is 13.8 Å². The van der Waals surface area contributed by atoms with Crippen molar-refractivity contribution >= 4 is 5.69 Å². The minimum atomic E-state index is 0.365. The first-order valence-corrected chi connectivity index (χ1v) is 6.06. The number of anilines is 1. The number of nitrogens with zero attached hydrogens (tertiary/aromatic N) is 1. The average Bonchev–Trinajstić information content (AvgIpc) is 2.34. The van der Waals surface area contributed by atoms with E-state index < -0.39 is 0 Å². The molecule has 0 fully saturated rings. The van der Waals surface area contributed by atoms with Gasteiger partial charge in [0.2, 0.25) is 0 Å². The Kier molecular flexibility index (Phi) is 3.51. The van der Waals surface area contributed by atoms with Gasteiger partial charge in [-0.2, -0.15) is 0 Å². The van der Waals surface area contributed by atoms with Crippen LogP contribution in [0.4, 0.5) is 5.69 Å². The molecule has 94 valence electrons. The summed E-state index contributed by atoms with van der Waals surface area (Å²) >= 11 is 0. The third kappa shape index (κ3) is 2.62. The zero-order valence-corrected chi connectivity index (χ0v) is 11.0. The molecule has 2 rings (SSSR count). The van der Waals surface area contributed by atoms with Gasteiger partial charge in [-0.15, -0.1) is 0 Å². The maximum atomic E-state index is 5.96. The second kappa shape index (κ2) is 5.08. The van der Waals surface area contributed by atoms with Crippen molar-refractivity contribution in [3.05, 3.63) is 47.8 Å². The van der Waals surface area contributed by atoms with Crippen molar-refractivity contribution in [1.82, 2.24) is 4.98 Å². The molecule has 0 aliphatic rings. The molecule has 2 N–H and O–H groups in total. The number of pyridine rings is 1. The Morgan fingerprint density at radius 2 is 1.83 bits per heavy atom. The van der Waals surface area contributed by atoms with Gasteiger partial charge in [0.05, 0.1) is 0 Å². The first kappa shape index (κ1) is 12.4. The second-order valence-electron chi connectivity index (χ2n) is 4.69. The van der Waals surface area contributed by atoms with E-state index in [9.17, 15) is 0 Å². The van der Waals surface area contributed by atoms with Crippen LogP contribution in [0.15, 0.2) is 36.7 Å². The third-order valence-electron chi connectivity index (χ3n) is 2.90. The quantitative estimate of drug-likeness (QED) is 0.831. The molecule has 18 heavy (non-hydrogen) atoms. The number of hydrogen-bond donors (Lipinski definition) is 1. The lowest BCUT2D eigenvalue weighted by atomic mass is 9.99. The predicted octanol–water partition coefficient (Wildman–Crippen LogP) is 3.89. The van der Waals surface area contributed by atoms with Gasteiger partial charge in [0.25, 0.3) is 0 Å². The minimum absolute atomic E-state index is 0.365. The van der Waals surface area contributed by atoms with E-state index in [-0.39, 0.29) is 0 Å². The van der Waals surface area contributed by atoms with E-state index in [0.29, 0.717) is 5.92 Å². The maximum Gasteiger partial charge on any atom is 0.131 e. The Bertz CT molecular complexity index is 536. The van der Waals surface area contributed by atoms with Crippen molar-refractivity contribution in [3.8, 4) is 11.5 Å². The first-order valence-electron chi connectivity index (χ1n) is 6.06. The zero-order valence-electron chi connectivity index (χ0n) is 11.0. The van der Waals surface area contributed by atoms with Crippen LogP contribution < -0.4 is 10.5 Å². The van der Waals surface area contributed by atoms with Crippen LogP contribution in [0.2, 0.25) is 0 Å². The van der Waals surface area contributed by atoms with Crippen LogP contribution in [-0.4, -0.2) is 4.98 Å². The fourth-order valence-electron chi connectivity index (χ4n) is 1.79. The van der Waals surface area contributed by atoms with Gasteiger partial charge in [-0.3, -0.25) is 4.98 Å². The van der Waals surface area contributed by atoms with Gasteiger partial charge in [-0.05, 0) is 48.2 Å². The highest BCUT2D eigenvalue weighted by Gasteiger charge is 2.11. The molecule has 0 saturated carbocycles. The Balaban J connectivity index is 2.40. The molecule has 1 aromatic heterocycles. The van der Waals surface area contributed by atoms with Gasteiger partial charge >= 0.3 is 0 Å². The van der Waals surface area contributed by atoms with Gasteiger partial charge in [0, 0.05) is 18.1 Å². The van der Waals surface area contributed by atoms with Gasteiger partial charge in [0.15, 0.2) is 0 Å². The largest absolute Gasteiger partial charge is 0.457 e. The van der Waals surface area contributed by atoms with E-state index in [2.05, 4.69) is 18.8 Å². The van der Waals surface area contributed by atoms with Crippen LogP contribution in [-0.2, 0) is 0 Å². The standard InChI is InChI=1S/C15H18N2O/c1-10(2)13-9-14(16)11(3)8-15(13)18-12-4-6-17-7-5-12/h4-10H,16H2,1-3H3. The lowest BCUT2D eigenvalue weighted by Gasteiger charge is -2.16. The summed E-state index contributed by atoms with van der Waals surface area (Å²) in [6.45, 7) is 6.24. The Morgan fingerprint density at radius 3 is 2.44 bits per heavy atom. The highest BCUT2D eigenvalue weighted by molar-refractivity contribution is 5.55. The molecular formula is C15H18N2O. The molecule has 0 aliphatic carbocycles. The number of nitrogen functional groups attached to an aromatic ring is 1. The van der Waals surface area contributed by atoms with Gasteiger partial charge in [0.1, 0.15) is 11.5 Å². The molecule has 3 nitrogen and oxygen atoms in total. The maximum absolute atomic E-state index is 5.96. The second-order valence-corrected chi connectivity index (χ2v) is 4.69. The molecule has 3 heteroatoms. The number of aryl methyl sites for hydroxylation is 1. The number of benzene rings is 1. The van der Waals surface area contributed by atoms with Crippen LogP contribution in [0.25, 0.3) is 0 Å². The van der Waals surface area contributed by atoms with Crippen molar-refractivity contribution in [3.63, 3.8) is 0 Å². The Labute approximate surface area is 108 Å². The summed E-state index contributed by atoms with van der Waals surface area (Å²) < 4.78 is 5.91. The molecule has 0 radical (unpaired) electrons. The van der Waals surface area contributed by atoms with Crippen LogP contribution in [0.3, 0.4) is 0 Å². The zero-order chi connectivity index (χ0) is 13.1. The number of aromatic nitrogens is 1. The van der Waals surface area contributed by atoms with Crippen LogP contribution in [0.5, 0.6) is 11.5 Å². The average molecular weight is 242 g/mol. The lowest BCUT2D eigenvalue weighted by molar-refractivity contribution is 0.472. The molecule has 0 amide bonds. The van der Waals surface area contributed by atoms with E-state index in [0.717, 1.165) is 28.3 Å². The van der Waals surface area contributed by atoms with Gasteiger partial charge < -0.3 is 10.5 Å². The van der Waals surface area contributed by atoms with E-state index in [1.807, 2.05) is 31.2 Å². The molecule has 1 heterocycles. The summed E-state index contributed by atoms with van der Waals surface area (Å²) in [5.74, 6) is 2.02. The number of nitrogens with two attached hydrogens (primary N) is 1. The summed E-state index contributed by atoms with van der Waals surface area (Å²) in [5, 5.41) is 0. The van der Waals surface area contributed by atoms with Crippen molar-refractivity contribution in [1.29, 1.82) is 0 Å². The number of ether oxygens (including phenoxy) is 1. The number of rotatable bonds is 3. The summed E-state index contributed by atoms with van der Waals surface area (Å²) in [6.07, 6.45) is 3.43. The molecule has 0 bridgehead atoms. The molecule has 2 aromatic rings. The summed E-state index contributed by atoms with van der Waals surface area (Å²) in [4.78, 5) is 3.98. The van der Waals surface area contributed by atoms with Crippen LogP contribution in [0.1, 0.15) is 30.9 Å². The fraction of sp³-hybridized carbons (Fsp3) is 0.267. The lowest BCUT2D eigenvalue weighted by Crippen LogP contribution is -1.98. The monoisotopic (exact) mass is 242 g/mol. The minimum Gasteiger partial charge on any atom is -0.457 e. The van der Waals surface area contributed by atoms with Crippen molar-refractivity contribution in [2.24, 2.45) is 0 Å². The molecule has 1 aromatic carbocycles. The highest BCUT2D eigenvalue weighted by atomic mass is 16.5. The topological polar surface area (TPSA) is 48.1 Å². The molecule has 0 spiro atoms. The Morgan fingerprint density at radius 1 is 1.17 bits per heavy atom. The van der Waals surface area contributed by atoms with E-state index >= 15 is 0 Å². The number of hydrogen-bond acceptors (Lipinski definition) is 3.